The highest BCUT2D eigenvalue weighted by molar-refractivity contribution is 5.80. The minimum absolute atomic E-state index is 0.136. The molecule has 2 aromatic rings. The predicted molar refractivity (Wildman–Crippen MR) is 116 cm³/mol. The second-order valence-corrected chi connectivity index (χ2v) is 6.85. The van der Waals surface area contributed by atoms with Crippen molar-refractivity contribution in [3.63, 3.8) is 0 Å². The van der Waals surface area contributed by atoms with E-state index in [2.05, 4.69) is 34.2 Å². The molecule has 0 spiro atoms. The van der Waals surface area contributed by atoms with Gasteiger partial charge in [-0.3, -0.25) is 0 Å². The number of phenolic OH excluding ortho intramolecular Hbond substituents is 1. The molecule has 0 unspecified atom stereocenters. The summed E-state index contributed by atoms with van der Waals surface area (Å²) in [6.07, 6.45) is 0. The summed E-state index contributed by atoms with van der Waals surface area (Å²) in [5.41, 5.74) is 2.12. The molecule has 0 saturated carbocycles. The molecule has 1 saturated heterocycles. The fraction of sp³-hybridized carbons (Fsp3) is 0.409. The molecule has 0 aliphatic carbocycles. The summed E-state index contributed by atoms with van der Waals surface area (Å²) in [6.45, 7) is 6.98. The van der Waals surface area contributed by atoms with Gasteiger partial charge in [0.05, 0.1) is 20.8 Å². The third kappa shape index (κ3) is 5.25. The third-order valence-electron chi connectivity index (χ3n) is 4.99. The van der Waals surface area contributed by atoms with Gasteiger partial charge in [0, 0.05) is 44.5 Å². The molecule has 3 rings (SSSR count). The van der Waals surface area contributed by atoms with Crippen molar-refractivity contribution in [3.05, 3.63) is 48.0 Å². The Bertz CT molecular complexity index is 833. The van der Waals surface area contributed by atoms with Crippen LogP contribution in [0, 0.1) is 0 Å². The average molecular weight is 399 g/mol. The van der Waals surface area contributed by atoms with Crippen molar-refractivity contribution < 1.29 is 14.6 Å². The first-order valence-corrected chi connectivity index (χ1v) is 9.92. The monoisotopic (exact) mass is 398 g/mol. The molecule has 0 atom stereocenters. The highest BCUT2D eigenvalue weighted by Gasteiger charge is 2.20. The number of rotatable bonds is 6. The number of phenols is 1. The van der Waals surface area contributed by atoms with Gasteiger partial charge in [-0.2, -0.15) is 0 Å². The van der Waals surface area contributed by atoms with E-state index < -0.39 is 0 Å². The molecule has 1 fully saturated rings. The number of anilines is 1. The van der Waals surface area contributed by atoms with Gasteiger partial charge in [0.2, 0.25) is 0 Å². The van der Waals surface area contributed by atoms with Crippen LogP contribution in [0.25, 0.3) is 0 Å². The molecule has 1 aliphatic heterocycles. The van der Waals surface area contributed by atoms with Crippen LogP contribution in [0.5, 0.6) is 17.2 Å². The van der Waals surface area contributed by atoms with E-state index in [-0.39, 0.29) is 5.75 Å². The molecule has 1 aliphatic rings. The van der Waals surface area contributed by atoms with E-state index in [0.717, 1.165) is 50.0 Å². The van der Waals surface area contributed by atoms with Gasteiger partial charge < -0.3 is 29.7 Å². The van der Waals surface area contributed by atoms with Crippen LogP contribution in [-0.4, -0.2) is 62.9 Å². The van der Waals surface area contributed by atoms with Gasteiger partial charge in [-0.15, -0.1) is 0 Å². The standard InChI is InChI=1S/C22H30N4O3/c1-4-23-22(24-16-17-8-9-21(29-3)20(27)14-17)26-12-10-25(11-13-26)18-6-5-7-19(15-18)28-2/h5-9,14-15,27H,4,10-13,16H2,1-3H3,(H,23,24). The van der Waals surface area contributed by atoms with E-state index in [1.165, 1.54) is 5.69 Å². The Balaban J connectivity index is 1.64. The molecule has 0 aromatic heterocycles. The summed E-state index contributed by atoms with van der Waals surface area (Å²) in [5.74, 6) is 2.38. The number of nitrogens with one attached hydrogen (secondary N) is 1. The Hall–Kier alpha value is -3.09. The van der Waals surface area contributed by atoms with Crippen molar-refractivity contribution in [3.8, 4) is 17.2 Å². The van der Waals surface area contributed by atoms with Crippen LogP contribution in [0.3, 0.4) is 0 Å². The summed E-state index contributed by atoms with van der Waals surface area (Å²) in [4.78, 5) is 9.42. The molecule has 7 heteroatoms. The summed E-state index contributed by atoms with van der Waals surface area (Å²) in [5, 5.41) is 13.4. The van der Waals surface area contributed by atoms with Crippen LogP contribution < -0.4 is 19.7 Å². The Labute approximate surface area is 172 Å². The average Bonchev–Trinajstić information content (AvgIpc) is 2.77. The minimum Gasteiger partial charge on any atom is -0.504 e. The summed E-state index contributed by atoms with van der Waals surface area (Å²) in [6, 6.07) is 13.6. The zero-order valence-electron chi connectivity index (χ0n) is 17.4. The van der Waals surface area contributed by atoms with Crippen LogP contribution in [-0.2, 0) is 6.54 Å². The van der Waals surface area contributed by atoms with E-state index in [9.17, 15) is 5.11 Å². The lowest BCUT2D eigenvalue weighted by Gasteiger charge is -2.37. The molecule has 2 aromatic carbocycles. The molecule has 2 N–H and O–H groups in total. The normalized spacial score (nSPS) is 14.7. The quantitative estimate of drug-likeness (QED) is 0.576. The van der Waals surface area contributed by atoms with Crippen LogP contribution >= 0.6 is 0 Å². The molecule has 0 bridgehead atoms. The van der Waals surface area contributed by atoms with Gasteiger partial charge in [-0.1, -0.05) is 12.1 Å². The van der Waals surface area contributed by atoms with Crippen molar-refractivity contribution in [1.29, 1.82) is 0 Å². The SMILES string of the molecule is CCNC(=NCc1ccc(OC)c(O)c1)N1CCN(c2cccc(OC)c2)CC1. The molecular weight excluding hydrogens is 368 g/mol. The zero-order chi connectivity index (χ0) is 20.6. The zero-order valence-corrected chi connectivity index (χ0v) is 17.4. The maximum absolute atomic E-state index is 9.97. The van der Waals surface area contributed by atoms with Crippen molar-refractivity contribution in [2.75, 3.05) is 51.8 Å². The number of ether oxygens (including phenoxy) is 2. The van der Waals surface area contributed by atoms with Crippen molar-refractivity contribution in [2.24, 2.45) is 4.99 Å². The maximum atomic E-state index is 9.97. The second kappa shape index (κ2) is 9.91. The van der Waals surface area contributed by atoms with Gasteiger partial charge >= 0.3 is 0 Å². The Morgan fingerprint density at radius 1 is 1.07 bits per heavy atom. The van der Waals surface area contributed by atoms with Crippen molar-refractivity contribution in [2.45, 2.75) is 13.5 Å². The number of benzene rings is 2. The van der Waals surface area contributed by atoms with Crippen LogP contribution in [0.2, 0.25) is 0 Å². The van der Waals surface area contributed by atoms with Crippen molar-refractivity contribution >= 4 is 11.6 Å². The number of nitrogens with zero attached hydrogens (tertiary/aromatic N) is 3. The Morgan fingerprint density at radius 2 is 1.86 bits per heavy atom. The maximum Gasteiger partial charge on any atom is 0.194 e. The second-order valence-electron chi connectivity index (χ2n) is 6.85. The van der Waals surface area contributed by atoms with Crippen LogP contribution in [0.15, 0.2) is 47.5 Å². The van der Waals surface area contributed by atoms with E-state index >= 15 is 0 Å². The first-order chi connectivity index (χ1) is 14.1. The molecule has 0 radical (unpaired) electrons. The first kappa shape index (κ1) is 20.6. The number of hydrogen-bond acceptors (Lipinski definition) is 5. The molecule has 29 heavy (non-hydrogen) atoms. The van der Waals surface area contributed by atoms with Gasteiger partial charge in [-0.05, 0) is 36.8 Å². The number of guanidine groups is 1. The summed E-state index contributed by atoms with van der Waals surface area (Å²) in [7, 11) is 3.24. The highest BCUT2D eigenvalue weighted by Crippen LogP contribution is 2.26. The summed E-state index contributed by atoms with van der Waals surface area (Å²) < 4.78 is 10.4. The number of piperazine rings is 1. The molecule has 7 nitrogen and oxygen atoms in total. The highest BCUT2D eigenvalue weighted by atomic mass is 16.5. The molecular formula is C22H30N4O3. The topological polar surface area (TPSA) is 69.6 Å². The van der Waals surface area contributed by atoms with E-state index in [0.29, 0.717) is 12.3 Å². The largest absolute Gasteiger partial charge is 0.504 e. The smallest absolute Gasteiger partial charge is 0.194 e. The van der Waals surface area contributed by atoms with Gasteiger partial charge in [0.15, 0.2) is 17.5 Å². The molecule has 0 amide bonds. The lowest BCUT2D eigenvalue weighted by atomic mass is 10.2. The number of hydrogen-bond donors (Lipinski definition) is 2. The number of aliphatic imine (C=N–C) groups is 1. The molecule has 1 heterocycles. The third-order valence-corrected chi connectivity index (χ3v) is 4.99. The lowest BCUT2D eigenvalue weighted by Crippen LogP contribution is -2.52. The predicted octanol–water partition coefficient (Wildman–Crippen LogP) is 2.70. The summed E-state index contributed by atoms with van der Waals surface area (Å²) >= 11 is 0. The fourth-order valence-electron chi connectivity index (χ4n) is 3.41. The number of aromatic hydroxyl groups is 1. The van der Waals surface area contributed by atoms with Crippen LogP contribution in [0.1, 0.15) is 12.5 Å². The van der Waals surface area contributed by atoms with Gasteiger partial charge in [0.25, 0.3) is 0 Å². The Kier molecular flexibility index (Phi) is 7.05. The lowest BCUT2D eigenvalue weighted by molar-refractivity contribution is 0.371. The number of methoxy groups -OCH3 is 2. The van der Waals surface area contributed by atoms with Crippen molar-refractivity contribution in [1.82, 2.24) is 10.2 Å². The van der Waals surface area contributed by atoms with E-state index in [4.69, 9.17) is 14.5 Å². The van der Waals surface area contributed by atoms with E-state index in [1.807, 2.05) is 18.2 Å². The first-order valence-electron chi connectivity index (χ1n) is 9.92. The van der Waals surface area contributed by atoms with Crippen LogP contribution in [0.4, 0.5) is 5.69 Å². The van der Waals surface area contributed by atoms with Gasteiger partial charge in [0.1, 0.15) is 5.75 Å². The van der Waals surface area contributed by atoms with Gasteiger partial charge in [-0.25, -0.2) is 4.99 Å². The fourth-order valence-corrected chi connectivity index (χ4v) is 3.41. The minimum atomic E-state index is 0.136. The van der Waals surface area contributed by atoms with E-state index in [1.54, 1.807) is 26.4 Å². The Morgan fingerprint density at radius 3 is 2.52 bits per heavy atom. The molecule has 156 valence electrons.